The molecule has 0 saturated carbocycles. The smallest absolute Gasteiger partial charge is 0.376 e. The van der Waals surface area contributed by atoms with Gasteiger partial charge in [-0.3, -0.25) is 4.79 Å². The molecule has 0 rings (SSSR count). The average Bonchev–Trinajstić information content (AvgIpc) is 2.25. The molecule has 0 amide bonds. The van der Waals surface area contributed by atoms with Crippen LogP contribution in [-0.4, -0.2) is 34.5 Å². The van der Waals surface area contributed by atoms with Crippen LogP contribution in [0.2, 0.25) is 6.55 Å². The molecule has 0 heterocycles. The first-order chi connectivity index (χ1) is 7.03. The summed E-state index contributed by atoms with van der Waals surface area (Å²) in [5.41, 5.74) is -0.230. The van der Waals surface area contributed by atoms with Crippen LogP contribution in [-0.2, 0) is 18.4 Å². The Balaban J connectivity index is 4.40. The van der Waals surface area contributed by atoms with Crippen LogP contribution in [0.1, 0.15) is 33.1 Å². The molecule has 0 fully saturated rings. The first kappa shape index (κ1) is 14.6. The van der Waals surface area contributed by atoms with E-state index < -0.39 is 8.56 Å². The molecule has 0 aromatic rings. The second kappa shape index (κ2) is 6.98. The van der Waals surface area contributed by atoms with Gasteiger partial charge in [0.05, 0.1) is 0 Å². The fourth-order valence-electron chi connectivity index (χ4n) is 1.33. The lowest BCUT2D eigenvalue weighted by Crippen LogP contribution is -2.51. The molecule has 0 N–H and O–H groups in total. The lowest BCUT2D eigenvalue weighted by molar-refractivity contribution is -0.147. The van der Waals surface area contributed by atoms with Gasteiger partial charge in [-0.15, -0.1) is 0 Å². The fourth-order valence-corrected chi connectivity index (χ4v) is 3.11. The maximum Gasteiger partial charge on any atom is 0.376 e. The summed E-state index contributed by atoms with van der Waals surface area (Å²) >= 11 is 0. The lowest BCUT2D eigenvalue weighted by atomic mass is 10.3. The highest BCUT2D eigenvalue weighted by Crippen LogP contribution is 2.17. The molecule has 0 aliphatic carbocycles. The van der Waals surface area contributed by atoms with Crippen LogP contribution < -0.4 is 0 Å². The summed E-state index contributed by atoms with van der Waals surface area (Å²) in [5.74, 6) is -0.169. The van der Waals surface area contributed by atoms with Crippen molar-refractivity contribution in [1.29, 1.82) is 0 Å². The maximum absolute atomic E-state index is 11.4. The molecule has 0 bridgehead atoms. The molecule has 90 valence electrons. The second-order valence-corrected chi connectivity index (χ2v) is 7.05. The van der Waals surface area contributed by atoms with Crippen LogP contribution in [0.4, 0.5) is 0 Å². The van der Waals surface area contributed by atoms with E-state index in [4.69, 9.17) is 13.6 Å². The molecule has 0 saturated heterocycles. The predicted octanol–water partition coefficient (Wildman–Crippen LogP) is 2.01. The van der Waals surface area contributed by atoms with Crippen molar-refractivity contribution in [3.63, 3.8) is 0 Å². The minimum Gasteiger partial charge on any atom is -0.460 e. The Hall–Kier alpha value is -0.393. The Morgan fingerprint density at radius 2 is 1.80 bits per heavy atom. The quantitative estimate of drug-likeness (QED) is 0.499. The zero-order chi connectivity index (χ0) is 11.9. The van der Waals surface area contributed by atoms with Crippen LogP contribution in [0.15, 0.2) is 0 Å². The van der Waals surface area contributed by atoms with E-state index in [2.05, 4.69) is 0 Å². The van der Waals surface area contributed by atoms with Gasteiger partial charge in [0.15, 0.2) is 0 Å². The zero-order valence-corrected chi connectivity index (χ0v) is 11.3. The highest BCUT2D eigenvalue weighted by atomic mass is 28.4. The molecule has 0 radical (unpaired) electrons. The zero-order valence-electron chi connectivity index (χ0n) is 10.3. The van der Waals surface area contributed by atoms with Gasteiger partial charge in [0.2, 0.25) is 0 Å². The third kappa shape index (κ3) is 4.32. The minimum absolute atomic E-state index is 0.169. The monoisotopic (exact) mass is 234 g/mol. The normalized spacial score (nSPS) is 13.7. The molecule has 1 unspecified atom stereocenters. The number of carbonyl (C=O) groups excluding carboxylic acids is 1. The van der Waals surface area contributed by atoms with Gasteiger partial charge in [0.25, 0.3) is 0 Å². The number of carbonyl (C=O) groups is 1. The van der Waals surface area contributed by atoms with Crippen LogP contribution in [0.5, 0.6) is 0 Å². The van der Waals surface area contributed by atoms with E-state index in [1.165, 1.54) is 0 Å². The number of rotatable bonds is 7. The Morgan fingerprint density at radius 1 is 1.27 bits per heavy atom. The van der Waals surface area contributed by atoms with Crippen molar-refractivity contribution in [3.8, 4) is 0 Å². The second-order valence-electron chi connectivity index (χ2n) is 3.56. The molecule has 4 nitrogen and oxygen atoms in total. The Labute approximate surface area is 93.2 Å². The third-order valence-corrected chi connectivity index (χ3v) is 5.81. The molecule has 15 heavy (non-hydrogen) atoms. The molecular formula is C10H22O4Si. The highest BCUT2D eigenvalue weighted by Gasteiger charge is 2.41. The summed E-state index contributed by atoms with van der Waals surface area (Å²) in [6.07, 6.45) is 1.97. The van der Waals surface area contributed by atoms with E-state index >= 15 is 0 Å². The fraction of sp³-hybridized carbons (Fsp3) is 0.900. The Bertz CT molecular complexity index is 192. The van der Waals surface area contributed by atoms with Gasteiger partial charge >= 0.3 is 14.5 Å². The number of hydrogen-bond donors (Lipinski definition) is 0. The topological polar surface area (TPSA) is 44.8 Å². The largest absolute Gasteiger partial charge is 0.460 e. The SMILES string of the molecule is CCCC(=O)OC(CC)[Si](C)(OC)OC. The molecule has 5 heteroatoms. The van der Waals surface area contributed by atoms with Crippen molar-refractivity contribution >= 4 is 14.5 Å². The number of esters is 1. The molecule has 0 spiro atoms. The Kier molecular flexibility index (Phi) is 6.79. The van der Waals surface area contributed by atoms with Gasteiger partial charge in [-0.1, -0.05) is 13.8 Å². The molecular weight excluding hydrogens is 212 g/mol. The predicted molar refractivity (Wildman–Crippen MR) is 60.7 cm³/mol. The molecule has 0 aliphatic rings. The van der Waals surface area contributed by atoms with Crippen molar-refractivity contribution in [3.05, 3.63) is 0 Å². The first-order valence-electron chi connectivity index (χ1n) is 5.33. The summed E-state index contributed by atoms with van der Waals surface area (Å²) in [4.78, 5) is 11.4. The minimum atomic E-state index is -2.36. The summed E-state index contributed by atoms with van der Waals surface area (Å²) in [7, 11) is 0.845. The third-order valence-electron chi connectivity index (χ3n) is 2.49. The van der Waals surface area contributed by atoms with E-state index in [0.717, 1.165) is 12.8 Å². The number of ether oxygens (including phenoxy) is 1. The molecule has 0 aliphatic heterocycles. The van der Waals surface area contributed by atoms with E-state index in [1.807, 2.05) is 20.4 Å². The van der Waals surface area contributed by atoms with Gasteiger partial charge in [-0.2, -0.15) is 0 Å². The van der Waals surface area contributed by atoms with Gasteiger partial charge in [0.1, 0.15) is 5.73 Å². The van der Waals surface area contributed by atoms with Crippen molar-refractivity contribution in [2.45, 2.75) is 45.4 Å². The van der Waals surface area contributed by atoms with Crippen LogP contribution in [0.25, 0.3) is 0 Å². The van der Waals surface area contributed by atoms with E-state index in [-0.39, 0.29) is 11.7 Å². The van der Waals surface area contributed by atoms with Crippen molar-refractivity contribution in [2.24, 2.45) is 0 Å². The summed E-state index contributed by atoms with van der Waals surface area (Å²) in [5, 5.41) is 0. The maximum atomic E-state index is 11.4. The summed E-state index contributed by atoms with van der Waals surface area (Å²) in [6.45, 7) is 5.82. The van der Waals surface area contributed by atoms with E-state index in [9.17, 15) is 4.79 Å². The molecule has 0 aromatic carbocycles. The van der Waals surface area contributed by atoms with Gasteiger partial charge in [-0.25, -0.2) is 0 Å². The highest BCUT2D eigenvalue weighted by molar-refractivity contribution is 6.67. The average molecular weight is 234 g/mol. The van der Waals surface area contributed by atoms with Crippen molar-refractivity contribution < 1.29 is 18.4 Å². The van der Waals surface area contributed by atoms with E-state index in [1.54, 1.807) is 14.2 Å². The van der Waals surface area contributed by atoms with Crippen LogP contribution in [0, 0.1) is 0 Å². The van der Waals surface area contributed by atoms with Crippen LogP contribution >= 0.6 is 0 Å². The Morgan fingerprint density at radius 3 is 2.13 bits per heavy atom. The van der Waals surface area contributed by atoms with Gasteiger partial charge < -0.3 is 13.6 Å². The van der Waals surface area contributed by atoms with Crippen molar-refractivity contribution in [1.82, 2.24) is 0 Å². The van der Waals surface area contributed by atoms with Gasteiger partial charge in [-0.05, 0) is 19.4 Å². The summed E-state index contributed by atoms with van der Waals surface area (Å²) in [6, 6.07) is 0. The van der Waals surface area contributed by atoms with E-state index in [0.29, 0.717) is 6.42 Å². The summed E-state index contributed by atoms with van der Waals surface area (Å²) < 4.78 is 16.1. The molecule has 0 aromatic heterocycles. The van der Waals surface area contributed by atoms with Gasteiger partial charge in [0, 0.05) is 20.6 Å². The molecule has 1 atom stereocenters. The standard InChI is InChI=1S/C10H22O4Si/c1-6-8-9(11)14-10(7-2)15(5,12-3)13-4/h10H,6-8H2,1-5H3. The number of hydrogen-bond acceptors (Lipinski definition) is 4. The lowest BCUT2D eigenvalue weighted by Gasteiger charge is -2.30. The first-order valence-corrected chi connectivity index (χ1v) is 7.73. The van der Waals surface area contributed by atoms with Crippen molar-refractivity contribution in [2.75, 3.05) is 14.2 Å². The van der Waals surface area contributed by atoms with Crippen LogP contribution in [0.3, 0.4) is 0 Å².